The third-order valence-electron chi connectivity index (χ3n) is 6.53. The summed E-state index contributed by atoms with van der Waals surface area (Å²) in [6.45, 7) is 1.23. The van der Waals surface area contributed by atoms with E-state index in [1.54, 1.807) is 18.2 Å². The van der Waals surface area contributed by atoms with E-state index in [0.29, 0.717) is 66.1 Å². The number of nitrogens with one attached hydrogen (secondary N) is 1. The number of ketones is 1. The van der Waals surface area contributed by atoms with E-state index in [9.17, 15) is 13.2 Å². The molecule has 0 spiro atoms. The number of primary sulfonamides is 1. The number of ether oxygens (including phenoxy) is 2. The Bertz CT molecular complexity index is 1430. The molecule has 0 amide bonds. The quantitative estimate of drug-likeness (QED) is 0.368. The normalized spacial score (nSPS) is 15.2. The van der Waals surface area contributed by atoms with Gasteiger partial charge in [-0.15, -0.1) is 0 Å². The van der Waals surface area contributed by atoms with Gasteiger partial charge in [-0.2, -0.15) is 9.97 Å². The van der Waals surface area contributed by atoms with E-state index >= 15 is 0 Å². The highest BCUT2D eigenvalue weighted by atomic mass is 35.5. The van der Waals surface area contributed by atoms with Crippen LogP contribution >= 0.6 is 23.2 Å². The number of halogens is 2. The topological polar surface area (TPSA) is 134 Å². The molecule has 38 heavy (non-hydrogen) atoms. The Labute approximate surface area is 231 Å². The summed E-state index contributed by atoms with van der Waals surface area (Å²) < 4.78 is 34.3. The number of methoxy groups -OCH3 is 1. The van der Waals surface area contributed by atoms with Gasteiger partial charge in [0, 0.05) is 41.4 Å². The molecular weight excluding hydrogens is 551 g/mol. The monoisotopic (exact) mass is 578 g/mol. The Morgan fingerprint density at radius 3 is 2.58 bits per heavy atom. The molecule has 3 N–H and O–H groups in total. The van der Waals surface area contributed by atoms with Crippen molar-refractivity contribution in [3.8, 4) is 17.3 Å². The molecule has 12 heteroatoms. The van der Waals surface area contributed by atoms with Gasteiger partial charge < -0.3 is 14.8 Å². The van der Waals surface area contributed by atoms with Gasteiger partial charge in [0.05, 0.1) is 18.2 Å². The lowest BCUT2D eigenvalue weighted by Crippen LogP contribution is -2.45. The molecule has 3 aromatic rings. The Morgan fingerprint density at radius 1 is 1.13 bits per heavy atom. The molecular formula is C26H28Cl2N4O5S. The molecule has 0 aliphatic carbocycles. The van der Waals surface area contributed by atoms with Gasteiger partial charge in [0.2, 0.25) is 10.0 Å². The fourth-order valence-corrected chi connectivity index (χ4v) is 5.69. The van der Waals surface area contributed by atoms with Crippen molar-refractivity contribution in [1.82, 2.24) is 9.97 Å². The van der Waals surface area contributed by atoms with E-state index in [2.05, 4.69) is 15.3 Å². The summed E-state index contributed by atoms with van der Waals surface area (Å²) in [7, 11) is -2.50. The van der Waals surface area contributed by atoms with Gasteiger partial charge in [-0.1, -0.05) is 47.5 Å². The van der Waals surface area contributed by atoms with Crippen LogP contribution in [0.2, 0.25) is 10.0 Å². The minimum atomic E-state index is -3.98. The smallest absolute Gasteiger partial charge is 0.318 e. The van der Waals surface area contributed by atoms with Gasteiger partial charge in [-0.05, 0) is 48.6 Å². The van der Waals surface area contributed by atoms with Crippen LogP contribution in [0.15, 0.2) is 48.5 Å². The summed E-state index contributed by atoms with van der Waals surface area (Å²) in [6, 6.07) is 14.7. The summed E-state index contributed by atoms with van der Waals surface area (Å²) in [6.07, 6.45) is 1.36. The van der Waals surface area contributed by atoms with E-state index in [4.69, 9.17) is 37.8 Å². The number of sulfonamides is 1. The van der Waals surface area contributed by atoms with E-state index in [1.165, 1.54) is 7.11 Å². The van der Waals surface area contributed by atoms with Crippen LogP contribution in [0.5, 0.6) is 6.01 Å². The number of nitrogens with zero attached hydrogens (tertiary/aromatic N) is 2. The van der Waals surface area contributed by atoms with Crippen LogP contribution in [0.1, 0.15) is 24.0 Å². The average molecular weight is 580 g/mol. The summed E-state index contributed by atoms with van der Waals surface area (Å²) in [5, 5.41) is 9.66. The van der Waals surface area contributed by atoms with Crippen molar-refractivity contribution in [2.45, 2.75) is 24.7 Å². The molecule has 1 aliphatic rings. The third-order valence-corrected chi connectivity index (χ3v) is 7.78. The number of Topliss-reactive ketones (excluding diaryl/α,β-unsaturated/α-hetero) is 1. The van der Waals surface area contributed by atoms with E-state index < -0.39 is 27.0 Å². The number of nitrogens with two attached hydrogens (primary N) is 1. The number of aromatic nitrogens is 2. The fraction of sp³-hybridized carbons (Fsp3) is 0.346. The number of carbonyl (C=O) groups is 1. The van der Waals surface area contributed by atoms with Crippen LogP contribution in [0.3, 0.4) is 0 Å². The van der Waals surface area contributed by atoms with Gasteiger partial charge in [0.1, 0.15) is 11.6 Å². The standard InChI is InChI=1S/C26H28Cl2N4O5S/c1-36-25-31-22(15-24(32-25)30-10-7-17-5-6-20(27)14-21(17)28)18-3-2-4-19(13-18)26(8-11-37-12-9-26)23(33)16-38(29,34)35/h2-6,13-15H,7-12,16H2,1H3,(H2,29,34,35)(H,30,31,32). The molecule has 1 fully saturated rings. The van der Waals surface area contributed by atoms with Crippen molar-refractivity contribution < 1.29 is 22.7 Å². The molecule has 1 saturated heterocycles. The lowest BCUT2D eigenvalue weighted by Gasteiger charge is -2.36. The van der Waals surface area contributed by atoms with Gasteiger partial charge in [-0.25, -0.2) is 13.6 Å². The lowest BCUT2D eigenvalue weighted by molar-refractivity contribution is -0.125. The molecule has 0 radical (unpaired) electrons. The maximum atomic E-state index is 13.2. The molecule has 4 rings (SSSR count). The van der Waals surface area contributed by atoms with Crippen LogP contribution in [-0.4, -0.2) is 56.8 Å². The predicted octanol–water partition coefficient (Wildman–Crippen LogP) is 4.02. The highest BCUT2D eigenvalue weighted by Gasteiger charge is 2.42. The first kappa shape index (κ1) is 28.3. The number of anilines is 1. The molecule has 0 bridgehead atoms. The third kappa shape index (κ3) is 6.81. The van der Waals surface area contributed by atoms with Gasteiger partial charge in [0.15, 0.2) is 5.78 Å². The van der Waals surface area contributed by atoms with Crippen molar-refractivity contribution in [1.29, 1.82) is 0 Å². The Morgan fingerprint density at radius 2 is 1.89 bits per heavy atom. The maximum absolute atomic E-state index is 13.2. The van der Waals surface area contributed by atoms with E-state index in [0.717, 1.165) is 11.1 Å². The number of rotatable bonds is 10. The molecule has 0 atom stereocenters. The van der Waals surface area contributed by atoms with Gasteiger partial charge >= 0.3 is 6.01 Å². The number of hydrogen-bond donors (Lipinski definition) is 2. The van der Waals surface area contributed by atoms with Gasteiger partial charge in [-0.3, -0.25) is 4.79 Å². The zero-order valence-electron chi connectivity index (χ0n) is 20.7. The molecule has 9 nitrogen and oxygen atoms in total. The van der Waals surface area contributed by atoms with Crippen molar-refractivity contribution in [2.24, 2.45) is 5.14 Å². The highest BCUT2D eigenvalue weighted by molar-refractivity contribution is 7.89. The first-order valence-corrected chi connectivity index (χ1v) is 14.4. The zero-order chi connectivity index (χ0) is 27.3. The maximum Gasteiger partial charge on any atom is 0.318 e. The lowest BCUT2D eigenvalue weighted by atomic mass is 9.71. The van der Waals surface area contributed by atoms with E-state index in [-0.39, 0.29) is 6.01 Å². The van der Waals surface area contributed by atoms with Crippen LogP contribution in [-0.2, 0) is 31.4 Å². The van der Waals surface area contributed by atoms with Crippen LogP contribution in [0.4, 0.5) is 5.82 Å². The molecule has 0 saturated carbocycles. The number of benzene rings is 2. The summed E-state index contributed by atoms with van der Waals surface area (Å²) >= 11 is 12.3. The fourth-order valence-electron chi connectivity index (χ4n) is 4.55. The Balaban J connectivity index is 1.61. The molecule has 2 heterocycles. The van der Waals surface area contributed by atoms with Crippen molar-refractivity contribution in [2.75, 3.05) is 37.9 Å². The second kappa shape index (κ2) is 12.0. The highest BCUT2D eigenvalue weighted by Crippen LogP contribution is 2.38. The summed E-state index contributed by atoms with van der Waals surface area (Å²) in [5.41, 5.74) is 1.92. The molecule has 202 valence electrons. The second-order valence-corrected chi connectivity index (χ2v) is 11.5. The predicted molar refractivity (Wildman–Crippen MR) is 147 cm³/mol. The summed E-state index contributed by atoms with van der Waals surface area (Å²) in [4.78, 5) is 22.1. The average Bonchev–Trinajstić information content (AvgIpc) is 2.89. The molecule has 2 aromatic carbocycles. The van der Waals surface area contributed by atoms with Crippen molar-refractivity contribution in [3.05, 3.63) is 69.7 Å². The Hall–Kier alpha value is -2.76. The minimum absolute atomic E-state index is 0.172. The van der Waals surface area contributed by atoms with E-state index in [1.807, 2.05) is 30.3 Å². The number of hydrogen-bond acceptors (Lipinski definition) is 8. The number of carbonyl (C=O) groups excluding carboxylic acids is 1. The Kier molecular flexibility index (Phi) is 8.89. The van der Waals surface area contributed by atoms with Crippen LogP contribution < -0.4 is 15.2 Å². The first-order chi connectivity index (χ1) is 18.1. The van der Waals surface area contributed by atoms with Crippen LogP contribution in [0, 0.1) is 0 Å². The zero-order valence-corrected chi connectivity index (χ0v) is 23.1. The summed E-state index contributed by atoms with van der Waals surface area (Å²) in [5.74, 6) is -0.623. The van der Waals surface area contributed by atoms with Crippen molar-refractivity contribution >= 4 is 44.8 Å². The minimum Gasteiger partial charge on any atom is -0.467 e. The molecule has 0 unspecified atom stereocenters. The van der Waals surface area contributed by atoms with Gasteiger partial charge in [0.25, 0.3) is 0 Å². The molecule has 1 aromatic heterocycles. The SMILES string of the molecule is COc1nc(NCCc2ccc(Cl)cc2Cl)cc(-c2cccc(C3(C(=O)CS(N)(=O)=O)CCOCC3)c2)n1. The largest absolute Gasteiger partial charge is 0.467 e. The van der Waals surface area contributed by atoms with Crippen molar-refractivity contribution in [3.63, 3.8) is 0 Å². The first-order valence-electron chi connectivity index (χ1n) is 11.9. The van der Waals surface area contributed by atoms with Crippen LogP contribution in [0.25, 0.3) is 11.3 Å². The molecule has 1 aliphatic heterocycles. The second-order valence-electron chi connectivity index (χ2n) is 9.04.